The molecule has 115 valence electrons. The summed E-state index contributed by atoms with van der Waals surface area (Å²) in [5, 5.41) is 0. The second-order valence-electron chi connectivity index (χ2n) is 7.21. The third-order valence-corrected chi connectivity index (χ3v) is 2.35. The maximum atomic E-state index is 10.5. The van der Waals surface area contributed by atoms with Crippen LogP contribution in [0, 0.1) is 36.5 Å². The van der Waals surface area contributed by atoms with Crippen LogP contribution in [0.3, 0.4) is 0 Å². The van der Waals surface area contributed by atoms with Gasteiger partial charge < -0.3 is 17.6 Å². The first-order valence-electron chi connectivity index (χ1n) is 7.12. The summed E-state index contributed by atoms with van der Waals surface area (Å²) < 4.78 is 0. The fourth-order valence-corrected chi connectivity index (χ4v) is 1.42. The number of rotatable bonds is 5. The van der Waals surface area contributed by atoms with Crippen molar-refractivity contribution in [3.8, 4) is 11.8 Å². The van der Waals surface area contributed by atoms with Gasteiger partial charge in [-0.2, -0.15) is 6.92 Å². The maximum absolute atomic E-state index is 10.5. The first kappa shape index (κ1) is 25.1. The molecular formula is C18H32OY-2. The van der Waals surface area contributed by atoms with Gasteiger partial charge in [-0.15, -0.1) is 0 Å². The zero-order chi connectivity index (χ0) is 15.5. The van der Waals surface area contributed by atoms with Crippen molar-refractivity contribution in [2.75, 3.05) is 0 Å². The molecule has 0 fully saturated rings. The maximum Gasteiger partial charge on any atom is 0 e. The van der Waals surface area contributed by atoms with E-state index in [0.29, 0.717) is 11.8 Å². The molecule has 0 aromatic rings. The second-order valence-corrected chi connectivity index (χ2v) is 7.21. The van der Waals surface area contributed by atoms with Gasteiger partial charge in [0, 0.05) is 32.7 Å². The van der Waals surface area contributed by atoms with Gasteiger partial charge in [0.15, 0.2) is 0 Å². The summed E-state index contributed by atoms with van der Waals surface area (Å²) in [4.78, 5) is 10.5. The van der Waals surface area contributed by atoms with E-state index in [1.807, 2.05) is 0 Å². The Bertz CT molecular complexity index is 294. The average molecular weight is 353 g/mol. The average Bonchev–Trinajstić information content (AvgIpc) is 2.13. The summed E-state index contributed by atoms with van der Waals surface area (Å²) >= 11 is 0. The number of unbranched alkanes of at least 4 members (excludes halogenated alkanes) is 2. The third kappa shape index (κ3) is 30.8. The molecule has 1 radical (unpaired) electrons. The van der Waals surface area contributed by atoms with Gasteiger partial charge in [0.1, 0.15) is 0 Å². The summed E-state index contributed by atoms with van der Waals surface area (Å²) in [6.07, 6.45) is 5.32. The zero-order valence-corrected chi connectivity index (χ0v) is 17.3. The van der Waals surface area contributed by atoms with Gasteiger partial charge >= 0.3 is 0 Å². The summed E-state index contributed by atoms with van der Waals surface area (Å²) in [5.74, 6) is 5.61. The van der Waals surface area contributed by atoms with E-state index in [1.54, 1.807) is 0 Å². The number of hydrogen-bond donors (Lipinski definition) is 0. The van der Waals surface area contributed by atoms with Crippen LogP contribution < -0.4 is 0 Å². The van der Waals surface area contributed by atoms with Gasteiger partial charge in [-0.3, -0.25) is 5.92 Å². The minimum Gasteiger partial charge on any atom is -0.339 e. The van der Waals surface area contributed by atoms with E-state index in [-0.39, 0.29) is 43.9 Å². The molecule has 0 unspecified atom stereocenters. The van der Waals surface area contributed by atoms with Crippen molar-refractivity contribution >= 4 is 5.78 Å². The number of carbonyl (C=O) groups is 1. The molecule has 0 bridgehead atoms. The van der Waals surface area contributed by atoms with Crippen molar-refractivity contribution < 1.29 is 37.5 Å². The topological polar surface area (TPSA) is 17.1 Å². The molecular weight excluding hydrogens is 321 g/mol. The van der Waals surface area contributed by atoms with E-state index >= 15 is 0 Å². The molecule has 0 aromatic carbocycles. The Balaban J connectivity index is -0.000000312. The third-order valence-electron chi connectivity index (χ3n) is 2.35. The number of carbonyl (C=O) groups excluding carboxylic acids is 1. The molecule has 0 rings (SSSR count). The summed E-state index contributed by atoms with van der Waals surface area (Å²) in [6, 6.07) is 0. The molecule has 0 saturated carbocycles. The molecule has 0 aliphatic heterocycles. The number of Topliss-reactive ketones (excluding diaryl/α,β-unsaturated/α-hetero) is 1. The Morgan fingerprint density at radius 1 is 1.00 bits per heavy atom. The monoisotopic (exact) mass is 353 g/mol. The molecule has 0 aliphatic rings. The van der Waals surface area contributed by atoms with Crippen LogP contribution in [0.2, 0.25) is 0 Å². The first-order valence-corrected chi connectivity index (χ1v) is 7.12. The molecule has 0 aromatic heterocycles. The molecule has 2 heteroatoms. The first-order chi connectivity index (χ1) is 8.48. The minimum atomic E-state index is 0. The Hall–Kier alpha value is 0.0739. The van der Waals surface area contributed by atoms with Crippen molar-refractivity contribution in [1.29, 1.82) is 0 Å². The van der Waals surface area contributed by atoms with Crippen LogP contribution in [0.5, 0.6) is 0 Å². The standard InChI is InChI=1S/C11H21O.C7H11.Y/c1-10(12)8-6-5-7-9-11(2,3)4;1-5-6-7(2,3)4;/h1,5-9H2,2-4H3;1H2,2-4H3;/q2*-1;. The van der Waals surface area contributed by atoms with Crippen LogP contribution in [0.1, 0.15) is 73.6 Å². The van der Waals surface area contributed by atoms with E-state index in [1.165, 1.54) is 19.3 Å². The van der Waals surface area contributed by atoms with Crippen LogP contribution in [0.25, 0.3) is 0 Å². The summed E-state index contributed by atoms with van der Waals surface area (Å²) in [7, 11) is 0. The van der Waals surface area contributed by atoms with Crippen molar-refractivity contribution in [1.82, 2.24) is 0 Å². The molecule has 0 atom stereocenters. The van der Waals surface area contributed by atoms with E-state index in [9.17, 15) is 4.79 Å². The summed E-state index contributed by atoms with van der Waals surface area (Å²) in [5.41, 5.74) is 0.566. The van der Waals surface area contributed by atoms with Crippen molar-refractivity contribution in [3.63, 3.8) is 0 Å². The molecule has 0 aliphatic carbocycles. The van der Waals surface area contributed by atoms with Gasteiger partial charge in [-0.25, -0.2) is 0 Å². The van der Waals surface area contributed by atoms with Crippen LogP contribution >= 0.6 is 0 Å². The van der Waals surface area contributed by atoms with Crippen molar-refractivity contribution in [3.05, 3.63) is 13.8 Å². The number of ketones is 1. The zero-order valence-electron chi connectivity index (χ0n) is 14.4. The molecule has 0 saturated heterocycles. The predicted molar refractivity (Wildman–Crippen MR) is 85.5 cm³/mol. The van der Waals surface area contributed by atoms with Gasteiger partial charge in [0.25, 0.3) is 0 Å². The summed E-state index contributed by atoms with van der Waals surface area (Å²) in [6.45, 7) is 19.7. The van der Waals surface area contributed by atoms with Crippen LogP contribution in [-0.2, 0) is 37.5 Å². The predicted octanol–water partition coefficient (Wildman–Crippen LogP) is 5.25. The van der Waals surface area contributed by atoms with Gasteiger partial charge in [-0.1, -0.05) is 59.8 Å². The van der Waals surface area contributed by atoms with Crippen molar-refractivity contribution in [2.45, 2.75) is 73.6 Å². The van der Waals surface area contributed by atoms with Crippen LogP contribution in [0.15, 0.2) is 0 Å². The minimum absolute atomic E-state index is 0. The molecule has 20 heavy (non-hydrogen) atoms. The molecule has 0 heterocycles. The Morgan fingerprint density at radius 3 is 1.75 bits per heavy atom. The van der Waals surface area contributed by atoms with Gasteiger partial charge in [-0.05, 0) is 30.5 Å². The van der Waals surface area contributed by atoms with E-state index in [0.717, 1.165) is 6.42 Å². The molecule has 0 amide bonds. The smallest absolute Gasteiger partial charge is 0 e. The van der Waals surface area contributed by atoms with Gasteiger partial charge in [0.05, 0.1) is 0 Å². The normalized spacial score (nSPS) is 10.3. The van der Waals surface area contributed by atoms with Crippen LogP contribution in [-0.4, -0.2) is 5.78 Å². The Morgan fingerprint density at radius 2 is 1.50 bits per heavy atom. The molecule has 0 N–H and O–H groups in total. The Kier molecular flexibility index (Phi) is 16.0. The van der Waals surface area contributed by atoms with Crippen LogP contribution in [0.4, 0.5) is 0 Å². The van der Waals surface area contributed by atoms with E-state index in [2.05, 4.69) is 67.2 Å². The largest absolute Gasteiger partial charge is 0.339 e. The van der Waals surface area contributed by atoms with Gasteiger partial charge in [0.2, 0.25) is 0 Å². The quantitative estimate of drug-likeness (QED) is 0.375. The SMILES string of the molecule is [CH2-]C#CC(C)(C)C.[CH2-]C(=O)CCCCCC(C)(C)C.[Y]. The number of hydrogen-bond acceptors (Lipinski definition) is 1. The fraction of sp³-hybridized carbons (Fsp3) is 0.722. The fourth-order valence-electron chi connectivity index (χ4n) is 1.42. The Labute approximate surface area is 152 Å². The molecule has 1 nitrogen and oxygen atoms in total. The molecule has 0 spiro atoms. The second kappa shape index (κ2) is 12.8. The van der Waals surface area contributed by atoms with E-state index in [4.69, 9.17) is 0 Å². The van der Waals surface area contributed by atoms with E-state index < -0.39 is 0 Å². The van der Waals surface area contributed by atoms with Crippen molar-refractivity contribution in [2.24, 2.45) is 10.8 Å².